The van der Waals surface area contributed by atoms with Crippen molar-refractivity contribution in [1.82, 2.24) is 19.4 Å². The molecule has 34 heavy (non-hydrogen) atoms. The fraction of sp³-hybridized carbons (Fsp3) is 0.250. The molecule has 7 nitrogen and oxygen atoms in total. The van der Waals surface area contributed by atoms with E-state index < -0.39 is 0 Å². The first kappa shape index (κ1) is 24.2. The Kier molecular flexibility index (Phi) is 7.50. The van der Waals surface area contributed by atoms with Crippen LogP contribution < -0.4 is 15.6 Å². The third-order valence-electron chi connectivity index (χ3n) is 5.12. The number of carbonyl (C=O) groups excluding carboxylic acids is 1. The second-order valence-corrected chi connectivity index (χ2v) is 10.2. The molecule has 1 N–H and O–H groups in total. The Labute approximate surface area is 210 Å². The minimum Gasteiger partial charge on any atom is -0.494 e. The number of thioether (sulfide) groups is 1. The highest BCUT2D eigenvalue weighted by Gasteiger charge is 2.17. The first-order valence-corrected chi connectivity index (χ1v) is 12.9. The second kappa shape index (κ2) is 10.5. The highest BCUT2D eigenvalue weighted by molar-refractivity contribution is 7.99. The lowest BCUT2D eigenvalue weighted by Gasteiger charge is -2.10. The van der Waals surface area contributed by atoms with Crippen molar-refractivity contribution in [3.63, 3.8) is 0 Å². The summed E-state index contributed by atoms with van der Waals surface area (Å²) in [5, 5.41) is 3.36. The van der Waals surface area contributed by atoms with Gasteiger partial charge in [0.15, 0.2) is 14.8 Å². The molecule has 0 fully saturated rings. The number of hydrogen-bond acceptors (Lipinski definition) is 7. The van der Waals surface area contributed by atoms with E-state index in [2.05, 4.69) is 5.32 Å². The van der Waals surface area contributed by atoms with Gasteiger partial charge in [0, 0.05) is 19.3 Å². The molecule has 2 aromatic carbocycles. The third-order valence-corrected chi connectivity index (χ3v) is 7.50. The van der Waals surface area contributed by atoms with E-state index >= 15 is 0 Å². The van der Waals surface area contributed by atoms with E-state index in [1.807, 2.05) is 62.4 Å². The minimum atomic E-state index is -0.187. The Morgan fingerprint density at radius 3 is 2.56 bits per heavy atom. The number of benzene rings is 2. The van der Waals surface area contributed by atoms with Gasteiger partial charge in [0.05, 0.1) is 12.4 Å². The molecule has 0 bridgehead atoms. The van der Waals surface area contributed by atoms with E-state index in [4.69, 9.17) is 21.9 Å². The van der Waals surface area contributed by atoms with Gasteiger partial charge in [-0.25, -0.2) is 4.98 Å². The fourth-order valence-electron chi connectivity index (χ4n) is 3.31. The molecule has 0 unspecified atom stereocenters. The zero-order valence-electron chi connectivity index (χ0n) is 19.0. The monoisotopic (exact) mass is 512 g/mol. The van der Waals surface area contributed by atoms with Crippen molar-refractivity contribution in [3.05, 3.63) is 74.0 Å². The van der Waals surface area contributed by atoms with Gasteiger partial charge in [-0.15, -0.1) is 0 Å². The summed E-state index contributed by atoms with van der Waals surface area (Å²) < 4.78 is 9.78. The topological polar surface area (TPSA) is 78.1 Å². The summed E-state index contributed by atoms with van der Waals surface area (Å²) in [6.07, 6.45) is 0. The number of fused-ring (bicyclic) bond motifs is 1. The number of nitrogens with zero attached hydrogens (tertiary/aromatic N) is 3. The van der Waals surface area contributed by atoms with E-state index in [0.717, 1.165) is 17.0 Å². The Balaban J connectivity index is 1.56. The van der Waals surface area contributed by atoms with Crippen LogP contribution in [-0.2, 0) is 18.4 Å². The van der Waals surface area contributed by atoms with Crippen LogP contribution in [0.2, 0.25) is 0 Å². The van der Waals surface area contributed by atoms with Gasteiger partial charge < -0.3 is 10.1 Å². The quantitative estimate of drug-likeness (QED) is 0.211. The zero-order chi connectivity index (χ0) is 24.2. The SMILES string of the molecule is CCOc1ccc(-n2c(=S)sc3c(=O)n(C)c(SCC(=O)NCc4ccc(C)cc4)nc32)cc1. The molecular formula is C24H24N4O3S3. The molecule has 0 aliphatic rings. The largest absolute Gasteiger partial charge is 0.494 e. The van der Waals surface area contributed by atoms with Gasteiger partial charge in [-0.05, 0) is 55.9 Å². The van der Waals surface area contributed by atoms with Crippen LogP contribution in [-0.4, -0.2) is 32.4 Å². The maximum absolute atomic E-state index is 13.0. The predicted octanol–water partition coefficient (Wildman–Crippen LogP) is 4.63. The van der Waals surface area contributed by atoms with Gasteiger partial charge in [0.25, 0.3) is 5.56 Å². The Morgan fingerprint density at radius 2 is 1.88 bits per heavy atom. The van der Waals surface area contributed by atoms with Crippen molar-refractivity contribution in [3.8, 4) is 11.4 Å². The second-order valence-electron chi connectivity index (χ2n) is 7.59. The molecule has 176 valence electrons. The van der Waals surface area contributed by atoms with E-state index in [9.17, 15) is 9.59 Å². The summed E-state index contributed by atoms with van der Waals surface area (Å²) in [6, 6.07) is 15.5. The lowest BCUT2D eigenvalue weighted by atomic mass is 10.1. The summed E-state index contributed by atoms with van der Waals surface area (Å²) in [5.74, 6) is 0.772. The zero-order valence-corrected chi connectivity index (χ0v) is 21.5. The molecule has 0 atom stereocenters. The van der Waals surface area contributed by atoms with E-state index in [1.54, 1.807) is 11.6 Å². The maximum atomic E-state index is 13.0. The van der Waals surface area contributed by atoms with Gasteiger partial charge in [0.1, 0.15) is 10.4 Å². The van der Waals surface area contributed by atoms with E-state index in [0.29, 0.717) is 32.6 Å². The Morgan fingerprint density at radius 1 is 1.18 bits per heavy atom. The average molecular weight is 513 g/mol. The molecule has 4 aromatic rings. The maximum Gasteiger partial charge on any atom is 0.273 e. The summed E-state index contributed by atoms with van der Waals surface area (Å²) in [6.45, 7) is 4.98. The molecule has 0 spiro atoms. The molecule has 0 aliphatic heterocycles. The number of hydrogen-bond donors (Lipinski definition) is 1. The molecule has 4 rings (SSSR count). The van der Waals surface area contributed by atoms with Crippen molar-refractivity contribution in [1.29, 1.82) is 0 Å². The molecule has 0 saturated heterocycles. The minimum absolute atomic E-state index is 0.131. The standard InChI is InChI=1S/C24H24N4O3S3/c1-4-31-18-11-9-17(10-12-18)28-21-20(34-24(28)32)22(30)27(3)23(26-21)33-14-19(29)25-13-16-7-5-15(2)6-8-16/h5-12H,4,13-14H2,1-3H3,(H,25,29). The lowest BCUT2D eigenvalue weighted by Crippen LogP contribution is -2.25. The number of aromatic nitrogens is 3. The normalized spacial score (nSPS) is 11.0. The lowest BCUT2D eigenvalue weighted by molar-refractivity contribution is -0.118. The van der Waals surface area contributed by atoms with Crippen molar-refractivity contribution in [2.45, 2.75) is 25.5 Å². The van der Waals surface area contributed by atoms with Crippen molar-refractivity contribution in [2.75, 3.05) is 12.4 Å². The van der Waals surface area contributed by atoms with Gasteiger partial charge in [-0.1, -0.05) is 52.9 Å². The summed E-state index contributed by atoms with van der Waals surface area (Å²) in [4.78, 5) is 30.1. The number of thiazole rings is 1. The molecule has 10 heteroatoms. The molecule has 0 radical (unpaired) electrons. The van der Waals surface area contributed by atoms with Crippen molar-refractivity contribution >= 4 is 51.6 Å². The molecule has 0 aliphatic carbocycles. The smallest absolute Gasteiger partial charge is 0.273 e. The number of ether oxygens (including phenoxy) is 1. The Hall–Kier alpha value is -2.95. The van der Waals surface area contributed by atoms with Crippen LogP contribution in [0.3, 0.4) is 0 Å². The highest BCUT2D eigenvalue weighted by atomic mass is 32.2. The Bertz CT molecular complexity index is 1440. The molecule has 2 aromatic heterocycles. The molecule has 0 saturated carbocycles. The third kappa shape index (κ3) is 5.24. The van der Waals surface area contributed by atoms with Gasteiger partial charge >= 0.3 is 0 Å². The first-order valence-electron chi connectivity index (χ1n) is 10.7. The van der Waals surface area contributed by atoms with Gasteiger partial charge in [-0.3, -0.25) is 18.7 Å². The number of amides is 1. The van der Waals surface area contributed by atoms with Crippen molar-refractivity contribution < 1.29 is 9.53 Å². The van der Waals surface area contributed by atoms with Gasteiger partial charge in [0.2, 0.25) is 5.91 Å². The van der Waals surface area contributed by atoms with Crippen LogP contribution in [0.25, 0.3) is 16.0 Å². The average Bonchev–Trinajstić information content (AvgIpc) is 3.16. The predicted molar refractivity (Wildman–Crippen MR) is 140 cm³/mol. The number of aryl methyl sites for hydroxylation is 1. The van der Waals surface area contributed by atoms with Gasteiger partial charge in [-0.2, -0.15) is 0 Å². The van der Waals surface area contributed by atoms with Crippen LogP contribution >= 0.6 is 35.3 Å². The number of carbonyl (C=O) groups is 1. The molecule has 2 heterocycles. The summed E-state index contributed by atoms with van der Waals surface area (Å²) >= 11 is 8.00. The van der Waals surface area contributed by atoms with E-state index in [-0.39, 0.29) is 17.2 Å². The number of nitrogens with one attached hydrogen (secondary N) is 1. The van der Waals surface area contributed by atoms with Crippen molar-refractivity contribution in [2.24, 2.45) is 7.05 Å². The highest BCUT2D eigenvalue weighted by Crippen LogP contribution is 2.26. The van der Waals surface area contributed by atoms with Crippen LogP contribution in [0.5, 0.6) is 5.75 Å². The molecule has 1 amide bonds. The fourth-order valence-corrected chi connectivity index (χ4v) is 5.46. The van der Waals surface area contributed by atoms with Crippen LogP contribution in [0.4, 0.5) is 0 Å². The first-order chi connectivity index (χ1) is 16.4. The summed E-state index contributed by atoms with van der Waals surface area (Å²) in [7, 11) is 1.66. The van der Waals surface area contributed by atoms with Crippen LogP contribution in [0, 0.1) is 10.9 Å². The number of rotatable bonds is 8. The molecular weight excluding hydrogens is 488 g/mol. The van der Waals surface area contributed by atoms with E-state index in [1.165, 1.54) is 33.2 Å². The summed E-state index contributed by atoms with van der Waals surface area (Å²) in [5.41, 5.74) is 3.31. The van der Waals surface area contributed by atoms with Crippen LogP contribution in [0.1, 0.15) is 18.1 Å². The van der Waals surface area contributed by atoms with Crippen LogP contribution in [0.15, 0.2) is 58.5 Å².